The van der Waals surface area contributed by atoms with E-state index in [1.165, 1.54) is 12.1 Å². The molecule has 0 heterocycles. The number of hydrogen-bond acceptors (Lipinski definition) is 5. The summed E-state index contributed by atoms with van der Waals surface area (Å²) in [5, 5.41) is 8.76. The Bertz CT molecular complexity index is 751. The van der Waals surface area contributed by atoms with Gasteiger partial charge in [0.05, 0.1) is 26.7 Å². The zero-order valence-corrected chi connectivity index (χ0v) is 14.2. The fourth-order valence-electron chi connectivity index (χ4n) is 1.41. The second-order valence-electron chi connectivity index (χ2n) is 5.45. The Morgan fingerprint density at radius 3 is 1.81 bits per heavy atom. The lowest BCUT2D eigenvalue weighted by Gasteiger charge is -2.26. The first-order valence-corrected chi connectivity index (χ1v) is 7.64. The Labute approximate surface area is 143 Å². The molecule has 7 nitrogen and oxygen atoms in total. The average Bonchev–Trinajstić information content (AvgIpc) is 2.33. The molecule has 0 aliphatic heterocycles. The molecule has 1 aromatic carbocycles. The normalized spacial score (nSPS) is 12.8. The Kier molecular flexibility index (Phi) is 7.06. The third kappa shape index (κ3) is 7.88. The lowest BCUT2D eigenvalue weighted by atomic mass is 10.1. The third-order valence-corrected chi connectivity index (χ3v) is 3.01. The molecule has 0 bridgehead atoms. The lowest BCUT2D eigenvalue weighted by molar-refractivity contribution is -0.274. The molecule has 1 aromatic rings. The van der Waals surface area contributed by atoms with E-state index in [-0.39, 0.29) is 15.7 Å². The van der Waals surface area contributed by atoms with E-state index in [1.807, 2.05) is 0 Å². The summed E-state index contributed by atoms with van der Waals surface area (Å²) in [6.07, 6.45) is -4.86. The molecule has 0 saturated heterocycles. The molecule has 0 aliphatic rings. The van der Waals surface area contributed by atoms with Gasteiger partial charge in [-0.2, -0.15) is 13.2 Å². The topological polar surface area (TPSA) is 104 Å². The van der Waals surface area contributed by atoms with Crippen molar-refractivity contribution in [2.75, 3.05) is 21.1 Å². The van der Waals surface area contributed by atoms with Gasteiger partial charge in [0.2, 0.25) is 0 Å². The number of quaternary nitrogens is 1. The average molecular weight is 413 g/mol. The Morgan fingerprint density at radius 2 is 1.54 bits per heavy atom. The van der Waals surface area contributed by atoms with Crippen molar-refractivity contribution < 1.29 is 54.0 Å². The van der Waals surface area contributed by atoms with Crippen LogP contribution in [0, 0.1) is 0 Å². The molecular weight excluding hydrogens is 400 g/mol. The fourth-order valence-corrected chi connectivity index (χ4v) is 1.41. The summed E-state index contributed by atoms with van der Waals surface area (Å²) in [7, 11) is -1.13. The number of aromatic carboxylic acids is 1. The fraction of sp³-hybridized carbons (Fsp3) is 0.417. The van der Waals surface area contributed by atoms with Gasteiger partial charge < -0.3 is 14.4 Å². The van der Waals surface area contributed by atoms with Gasteiger partial charge in [0.25, 0.3) is 0 Å². The summed E-state index contributed by atoms with van der Waals surface area (Å²) in [6, 6.07) is 3.42. The number of hydrogen-bond donors (Lipinski definition) is 1. The molecule has 26 heavy (non-hydrogen) atoms. The predicted octanol–water partition coefficient (Wildman–Crippen LogP) is 2.53. The molecule has 0 amide bonds. The maximum absolute atomic E-state index is 12.3. The third-order valence-electron chi connectivity index (χ3n) is 2.44. The highest BCUT2D eigenvalue weighted by Gasteiger charge is 2.37. The van der Waals surface area contributed by atoms with Crippen LogP contribution < -0.4 is 9.22 Å². The summed E-state index contributed by atoms with van der Waals surface area (Å²) in [5.74, 6) is -1.81. The molecule has 0 spiro atoms. The van der Waals surface area contributed by atoms with Crippen LogP contribution in [-0.2, 0) is 10.1 Å². The molecule has 0 radical (unpaired) electrons. The second kappa shape index (κ2) is 7.67. The second-order valence-corrected chi connectivity index (χ2v) is 6.82. The van der Waals surface area contributed by atoms with E-state index in [2.05, 4.69) is 4.74 Å². The van der Waals surface area contributed by atoms with Crippen molar-refractivity contribution in [1.29, 1.82) is 0 Å². The number of halogens is 6. The first-order valence-electron chi connectivity index (χ1n) is 6.23. The van der Waals surface area contributed by atoms with E-state index in [0.717, 1.165) is 6.07 Å². The van der Waals surface area contributed by atoms with E-state index in [0.29, 0.717) is 0 Å². The monoisotopic (exact) mass is 413 g/mol. The van der Waals surface area contributed by atoms with Crippen LogP contribution in [0.3, 0.4) is 0 Å². The number of benzene rings is 1. The van der Waals surface area contributed by atoms with Crippen molar-refractivity contribution in [2.24, 2.45) is 0 Å². The highest BCUT2D eigenvalue weighted by atomic mass is 32.2. The minimum atomic E-state index is -6.09. The first kappa shape index (κ1) is 23.9. The van der Waals surface area contributed by atoms with Crippen LogP contribution in [0.2, 0.25) is 0 Å². The van der Waals surface area contributed by atoms with Crippen molar-refractivity contribution in [1.82, 2.24) is 4.48 Å². The van der Waals surface area contributed by atoms with Gasteiger partial charge in [-0.1, -0.05) is 0 Å². The highest BCUT2D eigenvalue weighted by Crippen LogP contribution is 2.35. The zero-order valence-electron chi connectivity index (χ0n) is 13.3. The number of rotatable bonds is 3. The number of carboxylic acids is 1. The van der Waals surface area contributed by atoms with E-state index in [1.54, 1.807) is 21.1 Å². The molecule has 0 aromatic heterocycles. The number of alkyl halides is 6. The Hall–Kier alpha value is -2.06. The van der Waals surface area contributed by atoms with E-state index < -0.39 is 33.7 Å². The molecule has 150 valence electrons. The van der Waals surface area contributed by atoms with Crippen LogP contribution in [0.4, 0.5) is 32.0 Å². The van der Waals surface area contributed by atoms with Crippen LogP contribution in [0.25, 0.3) is 0 Å². The number of carboxylic acid groups (broad SMARTS) is 1. The van der Waals surface area contributed by atoms with Crippen LogP contribution in [0.5, 0.6) is 5.75 Å². The van der Waals surface area contributed by atoms with E-state index >= 15 is 0 Å². The maximum Gasteiger partial charge on any atom is 0.573 e. The van der Waals surface area contributed by atoms with Crippen LogP contribution >= 0.6 is 0 Å². The van der Waals surface area contributed by atoms with Gasteiger partial charge in [0.1, 0.15) is 0 Å². The van der Waals surface area contributed by atoms with E-state index in [4.69, 9.17) is 18.1 Å². The van der Waals surface area contributed by atoms with Gasteiger partial charge in [-0.3, -0.25) is 4.48 Å². The maximum atomic E-state index is 12.3. The van der Waals surface area contributed by atoms with Gasteiger partial charge in [-0.15, -0.1) is 13.2 Å². The van der Waals surface area contributed by atoms with Crippen molar-refractivity contribution in [3.05, 3.63) is 23.8 Å². The van der Waals surface area contributed by atoms with Crippen molar-refractivity contribution in [3.63, 3.8) is 0 Å². The van der Waals surface area contributed by atoms with Crippen LogP contribution in [0.1, 0.15) is 10.4 Å². The minimum absolute atomic E-state index is 0.0747. The summed E-state index contributed by atoms with van der Waals surface area (Å²) in [6.45, 7) is 0. The first-order chi connectivity index (χ1) is 11.3. The van der Waals surface area contributed by atoms with Crippen molar-refractivity contribution >= 4 is 21.8 Å². The minimum Gasteiger partial charge on any atom is -0.741 e. The summed E-state index contributed by atoms with van der Waals surface area (Å²) in [4.78, 5) is 10.7. The van der Waals surface area contributed by atoms with Gasteiger partial charge in [0.15, 0.2) is 21.6 Å². The molecule has 1 N–H and O–H groups in total. The van der Waals surface area contributed by atoms with Crippen LogP contribution in [-0.4, -0.2) is 57.1 Å². The summed E-state index contributed by atoms with van der Waals surface area (Å²) < 4.78 is 99.6. The molecule has 0 unspecified atom stereocenters. The SMILES string of the molecule is C[N+](C)(C)c1ccc(C(=O)O)cc1OC(F)(F)F.O=S(=O)([O-])C(F)(F)F. The van der Waals surface area contributed by atoms with E-state index in [9.17, 15) is 31.1 Å². The molecule has 0 aliphatic carbocycles. The molecule has 1 rings (SSSR count). The number of ether oxygens (including phenoxy) is 1. The Balaban J connectivity index is 0.000000660. The van der Waals surface area contributed by atoms with Crippen LogP contribution in [0.15, 0.2) is 18.2 Å². The van der Waals surface area contributed by atoms with Gasteiger partial charge >= 0.3 is 17.8 Å². The smallest absolute Gasteiger partial charge is 0.573 e. The number of nitrogens with zero attached hydrogens (tertiary/aromatic N) is 1. The summed E-state index contributed by atoms with van der Waals surface area (Å²) in [5.41, 5.74) is -5.67. The number of carbonyl (C=O) groups is 1. The van der Waals surface area contributed by atoms with Gasteiger partial charge in [-0.05, 0) is 6.07 Å². The molecule has 0 saturated carbocycles. The van der Waals surface area contributed by atoms with Crippen molar-refractivity contribution in [2.45, 2.75) is 11.9 Å². The van der Waals surface area contributed by atoms with Gasteiger partial charge in [-0.25, -0.2) is 13.2 Å². The quantitative estimate of drug-likeness (QED) is 0.354. The summed E-state index contributed by atoms with van der Waals surface area (Å²) >= 11 is 0. The largest absolute Gasteiger partial charge is 0.741 e. The standard InChI is InChI=1S/C11H12F3NO3.CHF3O3S/c1-15(2,3)8-5-4-7(10(16)17)6-9(8)18-11(12,13)14;2-1(3,4)8(5,6)7/h4-6H,1-3H3;(H,5,6,7). The predicted molar refractivity (Wildman–Crippen MR) is 75.4 cm³/mol. The Morgan fingerprint density at radius 1 is 1.12 bits per heavy atom. The highest BCUT2D eigenvalue weighted by molar-refractivity contribution is 7.86. The molecule has 0 atom stereocenters. The van der Waals surface area contributed by atoms with Crippen molar-refractivity contribution in [3.8, 4) is 5.75 Å². The lowest BCUT2D eigenvalue weighted by Crippen LogP contribution is -2.36. The zero-order chi connectivity index (χ0) is 21.1. The molecule has 0 fully saturated rings. The molecule has 14 heteroatoms. The van der Waals surface area contributed by atoms with Gasteiger partial charge in [0, 0.05) is 12.1 Å². The molecular formula is C12H13F6NO6S.